The Kier molecular flexibility index (Phi) is 6.53. The maximum absolute atomic E-state index is 13.0. The molecule has 1 aromatic carbocycles. The highest BCUT2D eigenvalue weighted by Crippen LogP contribution is 2.44. The predicted octanol–water partition coefficient (Wildman–Crippen LogP) is 3.46. The lowest BCUT2D eigenvalue weighted by atomic mass is 9.67. The molecule has 5 heteroatoms. The van der Waals surface area contributed by atoms with Crippen molar-refractivity contribution in [1.82, 2.24) is 10.6 Å². The minimum Gasteiger partial charge on any atom is -0.494 e. The molecule has 1 aliphatic carbocycles. The van der Waals surface area contributed by atoms with Gasteiger partial charge in [0.2, 0.25) is 5.91 Å². The summed E-state index contributed by atoms with van der Waals surface area (Å²) in [5.74, 6) is 1.59. The Hall–Kier alpha value is -1.26. The zero-order valence-corrected chi connectivity index (χ0v) is 15.5. The van der Waals surface area contributed by atoms with E-state index in [4.69, 9.17) is 4.74 Å². The summed E-state index contributed by atoms with van der Waals surface area (Å²) in [5, 5.41) is 6.71. The first-order valence-electron chi connectivity index (χ1n) is 8.90. The van der Waals surface area contributed by atoms with Crippen LogP contribution in [0.25, 0.3) is 0 Å². The summed E-state index contributed by atoms with van der Waals surface area (Å²) in [4.78, 5) is 13.0. The summed E-state index contributed by atoms with van der Waals surface area (Å²) in [6, 6.07) is 8.02. The van der Waals surface area contributed by atoms with E-state index >= 15 is 0 Å². The molecule has 0 radical (unpaired) electrons. The molecule has 1 amide bonds. The number of ether oxygens (including phenoxy) is 1. The van der Waals surface area contributed by atoms with Crippen molar-refractivity contribution in [3.05, 3.63) is 29.8 Å². The highest BCUT2D eigenvalue weighted by atomic mass is 35.5. The van der Waals surface area contributed by atoms with Crippen LogP contribution in [-0.2, 0) is 4.79 Å². The largest absolute Gasteiger partial charge is 0.494 e. The first-order chi connectivity index (χ1) is 11.2. The van der Waals surface area contributed by atoms with Crippen molar-refractivity contribution < 1.29 is 9.53 Å². The van der Waals surface area contributed by atoms with Crippen molar-refractivity contribution in [2.75, 3.05) is 19.7 Å². The summed E-state index contributed by atoms with van der Waals surface area (Å²) in [7, 11) is 0. The second-order valence-electron chi connectivity index (χ2n) is 6.93. The Labute approximate surface area is 151 Å². The third-order valence-corrected chi connectivity index (χ3v) is 5.51. The molecule has 2 aliphatic rings. The molecule has 1 saturated carbocycles. The van der Waals surface area contributed by atoms with Gasteiger partial charge < -0.3 is 15.4 Å². The fourth-order valence-corrected chi connectivity index (χ4v) is 4.15. The highest BCUT2D eigenvalue weighted by Gasteiger charge is 2.49. The molecule has 2 fully saturated rings. The Bertz CT molecular complexity index is 566. The van der Waals surface area contributed by atoms with Crippen LogP contribution in [0.5, 0.6) is 5.75 Å². The maximum Gasteiger partial charge on any atom is 0.228 e. The quantitative estimate of drug-likeness (QED) is 0.853. The van der Waals surface area contributed by atoms with Gasteiger partial charge in [-0.2, -0.15) is 0 Å². The molecular formula is C19H29ClN2O2. The zero-order chi connectivity index (χ0) is 16.3. The molecule has 24 heavy (non-hydrogen) atoms. The van der Waals surface area contributed by atoms with Crippen LogP contribution in [-0.4, -0.2) is 25.6 Å². The fourth-order valence-electron chi connectivity index (χ4n) is 4.15. The summed E-state index contributed by atoms with van der Waals surface area (Å²) < 4.78 is 5.56. The Morgan fingerprint density at radius 2 is 2.29 bits per heavy atom. The van der Waals surface area contributed by atoms with Gasteiger partial charge in [0.25, 0.3) is 0 Å². The molecule has 1 saturated heterocycles. The van der Waals surface area contributed by atoms with Gasteiger partial charge in [-0.25, -0.2) is 0 Å². The number of carbonyl (C=O) groups excluding carboxylic acids is 1. The second kappa shape index (κ2) is 8.21. The standard InChI is InChI=1S/C19H28N2O2.ClH/c1-3-23-17-9-6-7-15(11-17)14(2)21-18(22)19-10-5-4-8-16(19)12-20-13-19;/h6-7,9,11,14,16,20H,3-5,8,10,12-13H2,1-2H3,(H,21,22);1H/t14?,16-,19+;/m0./s1. The van der Waals surface area contributed by atoms with Crippen molar-refractivity contribution in [3.8, 4) is 5.75 Å². The van der Waals surface area contributed by atoms with E-state index in [9.17, 15) is 4.79 Å². The zero-order valence-electron chi connectivity index (χ0n) is 14.6. The Balaban J connectivity index is 0.00000208. The number of hydrogen-bond acceptors (Lipinski definition) is 3. The van der Waals surface area contributed by atoms with E-state index in [-0.39, 0.29) is 29.8 Å². The van der Waals surface area contributed by atoms with E-state index in [2.05, 4.69) is 23.6 Å². The van der Waals surface area contributed by atoms with Crippen molar-refractivity contribution in [3.63, 3.8) is 0 Å². The van der Waals surface area contributed by atoms with Gasteiger partial charge >= 0.3 is 0 Å². The number of hydrogen-bond donors (Lipinski definition) is 2. The molecule has 3 rings (SSSR count). The van der Waals surface area contributed by atoms with E-state index in [1.807, 2.05) is 25.1 Å². The van der Waals surface area contributed by atoms with Gasteiger partial charge in [0.15, 0.2) is 0 Å². The number of fused-ring (bicyclic) bond motifs is 1. The van der Waals surface area contributed by atoms with Crippen molar-refractivity contribution >= 4 is 18.3 Å². The number of rotatable bonds is 5. The van der Waals surface area contributed by atoms with E-state index in [1.165, 1.54) is 19.3 Å². The van der Waals surface area contributed by atoms with Gasteiger partial charge in [-0.05, 0) is 56.8 Å². The Morgan fingerprint density at radius 1 is 1.46 bits per heavy atom. The maximum atomic E-state index is 13.0. The smallest absolute Gasteiger partial charge is 0.228 e. The van der Waals surface area contributed by atoms with E-state index in [1.54, 1.807) is 0 Å². The molecule has 0 aromatic heterocycles. The number of halogens is 1. The van der Waals surface area contributed by atoms with Crippen LogP contribution in [0.4, 0.5) is 0 Å². The summed E-state index contributed by atoms with van der Waals surface area (Å²) in [6.45, 7) is 6.50. The number of nitrogens with one attached hydrogen (secondary N) is 2. The minimum absolute atomic E-state index is 0. The number of benzene rings is 1. The van der Waals surface area contributed by atoms with Crippen LogP contribution in [0, 0.1) is 11.3 Å². The SMILES string of the molecule is CCOc1cccc(C(C)NC(=O)[C@@]23CCCC[C@H]2CNC3)c1.Cl. The molecule has 0 bridgehead atoms. The van der Waals surface area contributed by atoms with Crippen molar-refractivity contribution in [2.45, 2.75) is 45.6 Å². The summed E-state index contributed by atoms with van der Waals surface area (Å²) >= 11 is 0. The molecule has 1 unspecified atom stereocenters. The van der Waals surface area contributed by atoms with Gasteiger partial charge in [0, 0.05) is 6.54 Å². The highest BCUT2D eigenvalue weighted by molar-refractivity contribution is 5.85. The molecule has 1 aromatic rings. The van der Waals surface area contributed by atoms with Crippen LogP contribution in [0.15, 0.2) is 24.3 Å². The van der Waals surface area contributed by atoms with Crippen LogP contribution in [0.3, 0.4) is 0 Å². The average Bonchev–Trinajstić information content (AvgIpc) is 3.00. The van der Waals surface area contributed by atoms with Crippen LogP contribution >= 0.6 is 12.4 Å². The van der Waals surface area contributed by atoms with Gasteiger partial charge in [-0.3, -0.25) is 4.79 Å². The van der Waals surface area contributed by atoms with Gasteiger partial charge in [-0.1, -0.05) is 25.0 Å². The normalized spacial score (nSPS) is 26.8. The lowest BCUT2D eigenvalue weighted by molar-refractivity contribution is -0.134. The average molecular weight is 353 g/mol. The topological polar surface area (TPSA) is 50.4 Å². The summed E-state index contributed by atoms with van der Waals surface area (Å²) in [5.41, 5.74) is 0.906. The third-order valence-electron chi connectivity index (χ3n) is 5.51. The second-order valence-corrected chi connectivity index (χ2v) is 6.93. The van der Waals surface area contributed by atoms with Crippen molar-refractivity contribution in [1.29, 1.82) is 0 Å². The van der Waals surface area contributed by atoms with E-state index in [0.29, 0.717) is 12.5 Å². The lowest BCUT2D eigenvalue weighted by Crippen LogP contribution is -2.48. The molecule has 134 valence electrons. The van der Waals surface area contributed by atoms with Gasteiger partial charge in [-0.15, -0.1) is 12.4 Å². The molecule has 2 N–H and O–H groups in total. The Morgan fingerprint density at radius 3 is 3.08 bits per heavy atom. The molecule has 0 spiro atoms. The van der Waals surface area contributed by atoms with Crippen LogP contribution in [0.2, 0.25) is 0 Å². The monoisotopic (exact) mass is 352 g/mol. The molecule has 3 atom stereocenters. The number of carbonyl (C=O) groups is 1. The molecule has 4 nitrogen and oxygen atoms in total. The van der Waals surface area contributed by atoms with Gasteiger partial charge in [0.05, 0.1) is 18.1 Å². The van der Waals surface area contributed by atoms with E-state index in [0.717, 1.165) is 30.8 Å². The third kappa shape index (κ3) is 3.70. The number of amides is 1. The fraction of sp³-hybridized carbons (Fsp3) is 0.632. The minimum atomic E-state index is -0.190. The van der Waals surface area contributed by atoms with E-state index < -0.39 is 0 Å². The first-order valence-corrected chi connectivity index (χ1v) is 8.90. The molecule has 1 heterocycles. The predicted molar refractivity (Wildman–Crippen MR) is 98.7 cm³/mol. The van der Waals surface area contributed by atoms with Gasteiger partial charge in [0.1, 0.15) is 5.75 Å². The molecule has 1 aliphatic heterocycles. The molecular weight excluding hydrogens is 324 g/mol. The van der Waals surface area contributed by atoms with Crippen LogP contribution < -0.4 is 15.4 Å². The van der Waals surface area contributed by atoms with Crippen LogP contribution in [0.1, 0.15) is 51.1 Å². The first kappa shape index (κ1) is 19.1. The summed E-state index contributed by atoms with van der Waals surface area (Å²) in [6.07, 6.45) is 4.62. The lowest BCUT2D eigenvalue weighted by Gasteiger charge is -2.38. The van der Waals surface area contributed by atoms with Crippen molar-refractivity contribution in [2.24, 2.45) is 11.3 Å².